The number of ether oxygens (including phenoxy) is 1. The summed E-state index contributed by atoms with van der Waals surface area (Å²) >= 11 is 0. The summed E-state index contributed by atoms with van der Waals surface area (Å²) < 4.78 is 44.9. The minimum atomic E-state index is -4.37. The number of aromatic nitrogens is 1. The Hall–Kier alpha value is -3.10. The van der Waals surface area contributed by atoms with E-state index in [9.17, 15) is 22.8 Å². The molecule has 2 aliphatic rings. The number of benzene rings is 1. The molecule has 9 heteroatoms. The molecule has 3 atom stereocenters. The number of nitrogens with one attached hydrogen (secondary N) is 1. The molecule has 2 amide bonds. The smallest absolute Gasteiger partial charge is 0.416 e. The predicted molar refractivity (Wildman–Crippen MR) is 107 cm³/mol. The molecular formula is C22H22F3N3O3. The number of carbonyl (C=O) groups is 2. The third-order valence-corrected chi connectivity index (χ3v) is 6.21. The average Bonchev–Trinajstić information content (AvgIpc) is 3.32. The van der Waals surface area contributed by atoms with Crippen LogP contribution in [0.2, 0.25) is 0 Å². The molecule has 2 aromatic rings. The Morgan fingerprint density at radius 2 is 1.81 bits per heavy atom. The molecule has 6 nitrogen and oxygen atoms in total. The van der Waals surface area contributed by atoms with Crippen LogP contribution < -0.4 is 5.32 Å². The van der Waals surface area contributed by atoms with E-state index in [4.69, 9.17) is 4.74 Å². The van der Waals surface area contributed by atoms with E-state index in [1.807, 2.05) is 0 Å². The zero-order chi connectivity index (χ0) is 22.2. The van der Waals surface area contributed by atoms with Gasteiger partial charge >= 0.3 is 18.2 Å². The van der Waals surface area contributed by atoms with E-state index in [1.165, 1.54) is 31.6 Å². The summed E-state index contributed by atoms with van der Waals surface area (Å²) in [5, 5.41) is 2.73. The quantitative estimate of drug-likeness (QED) is 0.722. The number of carbonyl (C=O) groups excluding carboxylic acids is 2. The SMILES string of the molecule is COC(=O)c1cnccc1NC(=O)N1C[C@H]2C[C@H](c3ccccc3C(F)(F)F)C[C@H]2C1. The first-order valence-corrected chi connectivity index (χ1v) is 10.0. The van der Waals surface area contributed by atoms with Crippen molar-refractivity contribution in [2.45, 2.75) is 24.9 Å². The fourth-order valence-electron chi connectivity index (χ4n) is 4.80. The van der Waals surface area contributed by atoms with Crippen LogP contribution in [-0.2, 0) is 10.9 Å². The van der Waals surface area contributed by atoms with Gasteiger partial charge in [0.15, 0.2) is 0 Å². The van der Waals surface area contributed by atoms with Gasteiger partial charge in [-0.1, -0.05) is 18.2 Å². The second-order valence-electron chi connectivity index (χ2n) is 8.02. The molecule has 2 heterocycles. The van der Waals surface area contributed by atoms with Crippen molar-refractivity contribution in [3.8, 4) is 0 Å². The van der Waals surface area contributed by atoms with Crippen molar-refractivity contribution < 1.29 is 27.5 Å². The Morgan fingerprint density at radius 3 is 2.45 bits per heavy atom. The van der Waals surface area contributed by atoms with E-state index in [-0.39, 0.29) is 29.3 Å². The lowest BCUT2D eigenvalue weighted by molar-refractivity contribution is -0.138. The predicted octanol–water partition coefficient (Wildman–Crippen LogP) is 4.54. The number of halogens is 3. The number of alkyl halides is 3. The molecule has 31 heavy (non-hydrogen) atoms. The van der Waals surface area contributed by atoms with Crippen molar-refractivity contribution in [1.82, 2.24) is 9.88 Å². The number of hydrogen-bond donors (Lipinski definition) is 1. The number of methoxy groups -OCH3 is 1. The summed E-state index contributed by atoms with van der Waals surface area (Å²) in [6, 6.07) is 6.93. The molecular weight excluding hydrogens is 411 g/mol. The molecule has 1 aromatic carbocycles. The molecule has 0 radical (unpaired) electrons. The Bertz CT molecular complexity index is 981. The van der Waals surface area contributed by atoms with Crippen LogP contribution in [0.4, 0.5) is 23.7 Å². The first-order valence-electron chi connectivity index (χ1n) is 10.0. The Morgan fingerprint density at radius 1 is 1.13 bits per heavy atom. The van der Waals surface area contributed by atoms with Crippen molar-refractivity contribution in [1.29, 1.82) is 0 Å². The minimum absolute atomic E-state index is 0.148. The van der Waals surface area contributed by atoms with Gasteiger partial charge < -0.3 is 15.0 Å². The number of urea groups is 1. The van der Waals surface area contributed by atoms with Gasteiger partial charge in [0.25, 0.3) is 0 Å². The number of likely N-dealkylation sites (tertiary alicyclic amines) is 1. The minimum Gasteiger partial charge on any atom is -0.465 e. The number of esters is 1. The summed E-state index contributed by atoms with van der Waals surface area (Å²) in [5.74, 6) is -0.471. The monoisotopic (exact) mass is 433 g/mol. The van der Waals surface area contributed by atoms with Crippen LogP contribution in [0, 0.1) is 11.8 Å². The molecule has 0 bridgehead atoms. The second-order valence-corrected chi connectivity index (χ2v) is 8.02. The molecule has 4 rings (SSSR count). The van der Waals surface area contributed by atoms with Crippen LogP contribution >= 0.6 is 0 Å². The van der Waals surface area contributed by atoms with Crippen LogP contribution in [0.5, 0.6) is 0 Å². The first-order chi connectivity index (χ1) is 14.8. The van der Waals surface area contributed by atoms with Crippen LogP contribution in [0.15, 0.2) is 42.7 Å². The van der Waals surface area contributed by atoms with E-state index in [1.54, 1.807) is 17.0 Å². The average molecular weight is 433 g/mol. The van der Waals surface area contributed by atoms with E-state index >= 15 is 0 Å². The summed E-state index contributed by atoms with van der Waals surface area (Å²) in [5.41, 5.74) is 0.241. The number of anilines is 1. The maximum Gasteiger partial charge on any atom is 0.416 e. The van der Waals surface area contributed by atoms with Crippen molar-refractivity contribution in [3.63, 3.8) is 0 Å². The van der Waals surface area contributed by atoms with Gasteiger partial charge in [-0.15, -0.1) is 0 Å². The van der Waals surface area contributed by atoms with Crippen molar-refractivity contribution in [2.24, 2.45) is 11.8 Å². The lowest BCUT2D eigenvalue weighted by Gasteiger charge is -2.22. The van der Waals surface area contributed by atoms with E-state index in [2.05, 4.69) is 10.3 Å². The van der Waals surface area contributed by atoms with Gasteiger partial charge in [-0.2, -0.15) is 13.2 Å². The van der Waals surface area contributed by atoms with Gasteiger partial charge in [-0.05, 0) is 48.3 Å². The highest BCUT2D eigenvalue weighted by Crippen LogP contribution is 2.48. The van der Waals surface area contributed by atoms with Crippen LogP contribution in [0.3, 0.4) is 0 Å². The third kappa shape index (κ3) is 4.22. The van der Waals surface area contributed by atoms with Gasteiger partial charge in [-0.3, -0.25) is 4.98 Å². The summed E-state index contributed by atoms with van der Waals surface area (Å²) in [4.78, 5) is 30.1. The maximum atomic E-state index is 13.4. The summed E-state index contributed by atoms with van der Waals surface area (Å²) in [6.07, 6.45) is -0.358. The number of hydrogen-bond acceptors (Lipinski definition) is 4. The zero-order valence-electron chi connectivity index (χ0n) is 16.9. The Balaban J connectivity index is 1.42. The molecule has 1 saturated heterocycles. The van der Waals surface area contributed by atoms with Crippen molar-refractivity contribution in [2.75, 3.05) is 25.5 Å². The second kappa shape index (κ2) is 8.20. The van der Waals surface area contributed by atoms with Crippen LogP contribution in [-0.4, -0.2) is 42.1 Å². The normalized spacial score (nSPS) is 22.8. The molecule has 1 aliphatic heterocycles. The highest BCUT2D eigenvalue weighted by atomic mass is 19.4. The molecule has 1 aliphatic carbocycles. The topological polar surface area (TPSA) is 71.5 Å². The van der Waals surface area contributed by atoms with E-state index in [0.717, 1.165) is 6.07 Å². The largest absolute Gasteiger partial charge is 0.465 e. The molecule has 1 aromatic heterocycles. The standard InChI is InChI=1S/C22H22F3N3O3/c1-31-20(29)17-10-26-7-6-19(17)27-21(30)28-11-14-8-13(9-15(14)12-28)16-4-2-3-5-18(16)22(23,24)25/h2-7,10,13-15H,8-9,11-12H2,1H3,(H,26,27,30)/t13-,14+,15-. The number of rotatable bonds is 3. The highest BCUT2D eigenvalue weighted by molar-refractivity contribution is 6.00. The van der Waals surface area contributed by atoms with Crippen LogP contribution in [0.1, 0.15) is 40.2 Å². The third-order valence-electron chi connectivity index (χ3n) is 6.21. The number of amides is 2. The lowest BCUT2D eigenvalue weighted by Crippen LogP contribution is -2.34. The van der Waals surface area contributed by atoms with Crippen LogP contribution in [0.25, 0.3) is 0 Å². The van der Waals surface area contributed by atoms with Gasteiger partial charge in [0.2, 0.25) is 0 Å². The molecule has 1 N–H and O–H groups in total. The van der Waals surface area contributed by atoms with Gasteiger partial charge in [0.05, 0.1) is 18.4 Å². The lowest BCUT2D eigenvalue weighted by atomic mass is 9.91. The number of fused-ring (bicyclic) bond motifs is 1. The Kier molecular flexibility index (Phi) is 5.60. The van der Waals surface area contributed by atoms with Gasteiger partial charge in [0, 0.05) is 25.5 Å². The molecule has 1 saturated carbocycles. The molecule has 2 fully saturated rings. The van der Waals surface area contributed by atoms with Gasteiger partial charge in [-0.25, -0.2) is 9.59 Å². The molecule has 0 spiro atoms. The highest BCUT2D eigenvalue weighted by Gasteiger charge is 2.45. The fourth-order valence-corrected chi connectivity index (χ4v) is 4.80. The maximum absolute atomic E-state index is 13.4. The summed E-state index contributed by atoms with van der Waals surface area (Å²) in [6.45, 7) is 0.944. The Labute approximate surface area is 177 Å². The first kappa shape index (κ1) is 21.1. The summed E-state index contributed by atoms with van der Waals surface area (Å²) in [7, 11) is 1.25. The van der Waals surface area contributed by atoms with E-state index in [0.29, 0.717) is 37.2 Å². The number of pyridine rings is 1. The van der Waals surface area contributed by atoms with E-state index < -0.39 is 17.7 Å². The molecule has 0 unspecified atom stereocenters. The molecule has 164 valence electrons. The van der Waals surface area contributed by atoms with Gasteiger partial charge in [0.1, 0.15) is 5.56 Å². The zero-order valence-corrected chi connectivity index (χ0v) is 16.9. The fraction of sp³-hybridized carbons (Fsp3) is 0.409. The van der Waals surface area contributed by atoms with Crippen molar-refractivity contribution >= 4 is 17.7 Å². The van der Waals surface area contributed by atoms with Crippen molar-refractivity contribution in [3.05, 3.63) is 59.4 Å². The number of nitrogens with zero attached hydrogens (tertiary/aromatic N) is 2.